The minimum atomic E-state index is -0.0249. The molecule has 1 aromatic heterocycles. The summed E-state index contributed by atoms with van der Waals surface area (Å²) in [4.78, 5) is 17.9. The van der Waals surface area contributed by atoms with Crippen LogP contribution < -0.4 is 10.1 Å². The van der Waals surface area contributed by atoms with Crippen LogP contribution in [0.3, 0.4) is 0 Å². The Hall–Kier alpha value is -1.76. The fraction of sp³-hybridized carbons (Fsp3) is 0.450. The Labute approximate surface area is 169 Å². The number of benzene rings is 1. The Kier molecular flexibility index (Phi) is 6.99. The number of amides is 2. The molecule has 3 rings (SSSR count). The molecule has 0 aliphatic carbocycles. The van der Waals surface area contributed by atoms with E-state index in [4.69, 9.17) is 16.3 Å². The van der Waals surface area contributed by atoms with Gasteiger partial charge in [0.1, 0.15) is 5.75 Å². The molecule has 1 unspecified atom stereocenters. The molecule has 1 aromatic carbocycles. The topological polar surface area (TPSA) is 44.8 Å². The van der Waals surface area contributed by atoms with Crippen molar-refractivity contribution in [1.29, 1.82) is 0 Å². The van der Waals surface area contributed by atoms with Crippen LogP contribution >= 0.6 is 22.9 Å². The van der Waals surface area contributed by atoms with Gasteiger partial charge in [0, 0.05) is 37.6 Å². The summed E-state index contributed by atoms with van der Waals surface area (Å²) in [5.74, 6) is 0.887. The van der Waals surface area contributed by atoms with Gasteiger partial charge in [0.25, 0.3) is 0 Å². The highest BCUT2D eigenvalue weighted by molar-refractivity contribution is 7.16. The fourth-order valence-electron chi connectivity index (χ4n) is 3.16. The van der Waals surface area contributed by atoms with E-state index < -0.39 is 0 Å². The summed E-state index contributed by atoms with van der Waals surface area (Å²) in [6.07, 6.45) is 1.01. The number of nitrogens with zero attached hydrogens (tertiary/aromatic N) is 2. The molecule has 1 saturated heterocycles. The van der Waals surface area contributed by atoms with Gasteiger partial charge in [-0.25, -0.2) is 4.79 Å². The maximum absolute atomic E-state index is 12.5. The van der Waals surface area contributed by atoms with Crippen molar-refractivity contribution in [3.05, 3.63) is 51.2 Å². The van der Waals surface area contributed by atoms with Crippen molar-refractivity contribution in [2.45, 2.75) is 19.4 Å². The molecule has 2 heterocycles. The van der Waals surface area contributed by atoms with Gasteiger partial charge in [-0.2, -0.15) is 0 Å². The van der Waals surface area contributed by atoms with Crippen LogP contribution in [0.25, 0.3) is 0 Å². The first-order valence-electron chi connectivity index (χ1n) is 9.21. The van der Waals surface area contributed by atoms with Crippen LogP contribution in [-0.4, -0.2) is 55.7 Å². The van der Waals surface area contributed by atoms with Crippen molar-refractivity contribution in [2.75, 3.05) is 39.8 Å². The molecular weight excluding hydrogens is 382 g/mol. The smallest absolute Gasteiger partial charge is 0.317 e. The van der Waals surface area contributed by atoms with Crippen molar-refractivity contribution in [3.8, 4) is 5.75 Å². The second kappa shape index (κ2) is 9.44. The second-order valence-corrected chi connectivity index (χ2v) is 8.49. The zero-order chi connectivity index (χ0) is 19.2. The van der Waals surface area contributed by atoms with E-state index in [-0.39, 0.29) is 12.1 Å². The molecule has 1 atom stereocenters. The lowest BCUT2D eigenvalue weighted by molar-refractivity contribution is 0.138. The molecule has 1 aliphatic rings. The number of methoxy groups -OCH3 is 1. The summed E-state index contributed by atoms with van der Waals surface area (Å²) < 4.78 is 5.94. The summed E-state index contributed by atoms with van der Waals surface area (Å²) >= 11 is 7.49. The van der Waals surface area contributed by atoms with Crippen LogP contribution in [0.5, 0.6) is 5.75 Å². The number of carbonyl (C=O) groups is 1. The van der Waals surface area contributed by atoms with Crippen LogP contribution in [0.4, 0.5) is 4.79 Å². The lowest BCUT2D eigenvalue weighted by atomic mass is 10.1. The molecule has 2 amide bonds. The molecule has 5 nitrogen and oxygen atoms in total. The number of piperazine rings is 1. The van der Waals surface area contributed by atoms with Gasteiger partial charge in [-0.15, -0.1) is 11.3 Å². The van der Waals surface area contributed by atoms with Gasteiger partial charge in [0.05, 0.1) is 17.5 Å². The summed E-state index contributed by atoms with van der Waals surface area (Å²) in [5, 5.41) is 3.07. The van der Waals surface area contributed by atoms with Gasteiger partial charge in [-0.05, 0) is 43.2 Å². The highest BCUT2D eigenvalue weighted by Crippen LogP contribution is 2.26. The average molecular weight is 408 g/mol. The molecule has 146 valence electrons. The maximum Gasteiger partial charge on any atom is 0.317 e. The predicted molar refractivity (Wildman–Crippen MR) is 111 cm³/mol. The Morgan fingerprint density at radius 1 is 1.19 bits per heavy atom. The molecule has 2 aromatic rings. The molecule has 1 N–H and O–H groups in total. The number of ether oxygens (including phenoxy) is 1. The Bertz CT molecular complexity index is 742. The van der Waals surface area contributed by atoms with E-state index in [2.05, 4.69) is 22.3 Å². The number of carbonyl (C=O) groups excluding carboxylic acids is 1. The number of nitrogens with one attached hydrogen (secondary N) is 1. The minimum Gasteiger partial charge on any atom is -0.497 e. The van der Waals surface area contributed by atoms with Crippen LogP contribution in [0.15, 0.2) is 36.4 Å². The first kappa shape index (κ1) is 20.0. The molecular formula is C20H26ClN3O2S. The van der Waals surface area contributed by atoms with E-state index in [9.17, 15) is 4.79 Å². The summed E-state index contributed by atoms with van der Waals surface area (Å²) in [5.41, 5.74) is 1.31. The largest absolute Gasteiger partial charge is 0.497 e. The van der Waals surface area contributed by atoms with Crippen LogP contribution in [-0.2, 0) is 6.42 Å². The number of halogens is 1. The van der Waals surface area contributed by atoms with Crippen molar-refractivity contribution >= 4 is 29.0 Å². The SMILES string of the molecule is COc1ccc(CCN2CCN(C(=O)NC(C)c3ccc(Cl)s3)CC2)cc1. The first-order valence-corrected chi connectivity index (χ1v) is 10.4. The average Bonchev–Trinajstić information content (AvgIpc) is 3.13. The number of rotatable bonds is 6. The third-order valence-corrected chi connectivity index (χ3v) is 6.31. The van der Waals surface area contributed by atoms with Crippen molar-refractivity contribution in [2.24, 2.45) is 0 Å². The zero-order valence-electron chi connectivity index (χ0n) is 15.8. The summed E-state index contributed by atoms with van der Waals surface area (Å²) in [6.45, 7) is 6.32. The molecule has 0 saturated carbocycles. The number of hydrogen-bond donors (Lipinski definition) is 1. The predicted octanol–water partition coefficient (Wildman–Crippen LogP) is 4.04. The van der Waals surface area contributed by atoms with Crippen LogP contribution in [0.2, 0.25) is 4.34 Å². The summed E-state index contributed by atoms with van der Waals surface area (Å²) in [6, 6.07) is 12.0. The van der Waals surface area contributed by atoms with E-state index in [1.807, 2.05) is 36.1 Å². The molecule has 1 aliphatic heterocycles. The third kappa shape index (κ3) is 5.61. The molecule has 27 heavy (non-hydrogen) atoms. The quantitative estimate of drug-likeness (QED) is 0.785. The highest BCUT2D eigenvalue weighted by Gasteiger charge is 2.22. The molecule has 0 bridgehead atoms. The Morgan fingerprint density at radius 2 is 1.89 bits per heavy atom. The van der Waals surface area contributed by atoms with Crippen molar-refractivity contribution in [1.82, 2.24) is 15.1 Å². The van der Waals surface area contributed by atoms with Gasteiger partial charge < -0.3 is 15.0 Å². The van der Waals surface area contributed by atoms with Gasteiger partial charge in [-0.3, -0.25) is 4.90 Å². The van der Waals surface area contributed by atoms with Gasteiger partial charge >= 0.3 is 6.03 Å². The standard InChI is InChI=1S/C20H26ClN3O2S/c1-15(18-7-8-19(21)27-18)22-20(25)24-13-11-23(12-14-24)10-9-16-3-5-17(26-2)6-4-16/h3-8,15H,9-14H2,1-2H3,(H,22,25). The zero-order valence-corrected chi connectivity index (χ0v) is 17.4. The number of thiophene rings is 1. The van der Waals surface area contributed by atoms with Gasteiger partial charge in [-0.1, -0.05) is 23.7 Å². The lowest BCUT2D eigenvalue weighted by Gasteiger charge is -2.35. The Balaban J connectivity index is 1.40. The lowest BCUT2D eigenvalue weighted by Crippen LogP contribution is -2.52. The van der Waals surface area contributed by atoms with Crippen LogP contribution in [0.1, 0.15) is 23.4 Å². The van der Waals surface area contributed by atoms with Gasteiger partial charge in [0.15, 0.2) is 0 Å². The maximum atomic E-state index is 12.5. The molecule has 1 fully saturated rings. The first-order chi connectivity index (χ1) is 13.0. The fourth-order valence-corrected chi connectivity index (χ4v) is 4.23. The molecule has 7 heteroatoms. The second-order valence-electron chi connectivity index (χ2n) is 6.74. The van der Waals surface area contributed by atoms with Crippen LogP contribution in [0, 0.1) is 0 Å². The Morgan fingerprint density at radius 3 is 2.48 bits per heavy atom. The van der Waals surface area contributed by atoms with Crippen molar-refractivity contribution < 1.29 is 9.53 Å². The van der Waals surface area contributed by atoms with Crippen molar-refractivity contribution in [3.63, 3.8) is 0 Å². The monoisotopic (exact) mass is 407 g/mol. The van der Waals surface area contributed by atoms with Gasteiger partial charge in [0.2, 0.25) is 0 Å². The molecule has 0 spiro atoms. The third-order valence-electron chi connectivity index (χ3n) is 4.90. The normalized spacial score (nSPS) is 16.2. The van der Waals surface area contributed by atoms with E-state index in [1.165, 1.54) is 16.9 Å². The van der Waals surface area contributed by atoms with E-state index in [0.29, 0.717) is 0 Å². The molecule has 0 radical (unpaired) electrons. The number of urea groups is 1. The minimum absolute atomic E-state index is 0.00169. The number of hydrogen-bond acceptors (Lipinski definition) is 4. The van der Waals surface area contributed by atoms with E-state index in [0.717, 1.165) is 54.1 Å². The summed E-state index contributed by atoms with van der Waals surface area (Å²) in [7, 11) is 1.68. The van der Waals surface area contributed by atoms with E-state index >= 15 is 0 Å². The van der Waals surface area contributed by atoms with E-state index in [1.54, 1.807) is 7.11 Å². The highest BCUT2D eigenvalue weighted by atomic mass is 35.5.